The summed E-state index contributed by atoms with van der Waals surface area (Å²) < 4.78 is 0. The van der Waals surface area contributed by atoms with Gasteiger partial charge in [-0.1, -0.05) is 12.1 Å². The molecule has 3 nitrogen and oxygen atoms in total. The number of nitrogen functional groups attached to an aromatic ring is 1. The largest absolute Gasteiger partial charge is 0.399 e. The molecule has 2 rings (SSSR count). The summed E-state index contributed by atoms with van der Waals surface area (Å²) in [5.74, 6) is 0. The molecule has 18 heavy (non-hydrogen) atoms. The number of nitrogens with two attached hydrogens (primary N) is 1. The maximum Gasteiger partial charge on any atom is 0.107 e. The second-order valence-corrected chi connectivity index (χ2v) is 5.71. The molecular formula is C14H19N3S. The lowest BCUT2D eigenvalue weighted by molar-refractivity contribution is 0.647. The number of hydrogen-bond acceptors (Lipinski definition) is 4. The molecule has 3 N–H and O–H groups in total. The lowest BCUT2D eigenvalue weighted by atomic mass is 10.1. The zero-order valence-corrected chi connectivity index (χ0v) is 11.5. The molecule has 0 saturated heterocycles. The van der Waals surface area contributed by atoms with Gasteiger partial charge in [-0.25, -0.2) is 4.98 Å². The molecule has 0 amide bonds. The van der Waals surface area contributed by atoms with Gasteiger partial charge in [-0.3, -0.25) is 0 Å². The molecule has 0 fully saturated rings. The van der Waals surface area contributed by atoms with Crippen LogP contribution in [0.3, 0.4) is 0 Å². The van der Waals surface area contributed by atoms with E-state index in [4.69, 9.17) is 5.73 Å². The fraction of sp³-hybridized carbons (Fsp3) is 0.357. The third kappa shape index (κ3) is 4.13. The van der Waals surface area contributed by atoms with E-state index in [1.165, 1.54) is 10.4 Å². The van der Waals surface area contributed by atoms with Crippen LogP contribution in [0.2, 0.25) is 0 Å². The average molecular weight is 261 g/mol. The van der Waals surface area contributed by atoms with Crippen molar-refractivity contribution in [3.63, 3.8) is 0 Å². The minimum Gasteiger partial charge on any atom is -0.399 e. The highest BCUT2D eigenvalue weighted by atomic mass is 32.1. The van der Waals surface area contributed by atoms with Gasteiger partial charge in [0.25, 0.3) is 0 Å². The van der Waals surface area contributed by atoms with Crippen LogP contribution in [0.15, 0.2) is 30.5 Å². The molecule has 1 aromatic heterocycles. The molecule has 0 aliphatic rings. The number of benzene rings is 1. The molecule has 0 aliphatic carbocycles. The number of nitrogens with one attached hydrogen (secondary N) is 1. The standard InChI is InChI=1S/C14H19N3S/c1-11-9-17-14(18-11)10-16-7-3-5-12-4-2-6-13(15)8-12/h2,4,6,8-9,16H,3,5,7,10,15H2,1H3. The van der Waals surface area contributed by atoms with Crippen molar-refractivity contribution in [1.82, 2.24) is 10.3 Å². The van der Waals surface area contributed by atoms with Gasteiger partial charge in [-0.2, -0.15) is 0 Å². The fourth-order valence-electron chi connectivity index (χ4n) is 1.84. The van der Waals surface area contributed by atoms with Gasteiger partial charge in [-0.15, -0.1) is 11.3 Å². The Balaban J connectivity index is 1.64. The Kier molecular flexibility index (Phi) is 4.73. The lowest BCUT2D eigenvalue weighted by Crippen LogP contribution is -2.15. The SMILES string of the molecule is Cc1cnc(CNCCCc2cccc(N)c2)s1. The monoisotopic (exact) mass is 261 g/mol. The summed E-state index contributed by atoms with van der Waals surface area (Å²) in [6, 6.07) is 8.10. The molecule has 0 atom stereocenters. The number of thiazole rings is 1. The van der Waals surface area contributed by atoms with Crippen LogP contribution in [0.25, 0.3) is 0 Å². The summed E-state index contributed by atoms with van der Waals surface area (Å²) in [7, 11) is 0. The highest BCUT2D eigenvalue weighted by Gasteiger charge is 1.98. The molecule has 1 heterocycles. The number of hydrogen-bond donors (Lipinski definition) is 2. The average Bonchev–Trinajstić information content (AvgIpc) is 2.75. The number of nitrogens with zero attached hydrogens (tertiary/aromatic N) is 1. The van der Waals surface area contributed by atoms with Crippen molar-refractivity contribution in [2.45, 2.75) is 26.3 Å². The van der Waals surface area contributed by atoms with E-state index in [1.807, 2.05) is 24.4 Å². The Bertz CT molecular complexity index is 493. The van der Waals surface area contributed by atoms with Gasteiger partial charge in [-0.05, 0) is 44.0 Å². The Morgan fingerprint density at radius 2 is 2.28 bits per heavy atom. The van der Waals surface area contributed by atoms with Gasteiger partial charge in [0.1, 0.15) is 5.01 Å². The van der Waals surface area contributed by atoms with Crippen molar-refractivity contribution < 1.29 is 0 Å². The van der Waals surface area contributed by atoms with Crippen molar-refractivity contribution in [3.05, 3.63) is 45.9 Å². The van der Waals surface area contributed by atoms with Gasteiger partial charge < -0.3 is 11.1 Å². The van der Waals surface area contributed by atoms with Crippen LogP contribution in [0.5, 0.6) is 0 Å². The molecule has 0 unspecified atom stereocenters. The molecule has 0 saturated carbocycles. The van der Waals surface area contributed by atoms with Crippen molar-refractivity contribution in [1.29, 1.82) is 0 Å². The first-order chi connectivity index (χ1) is 8.74. The molecular weight excluding hydrogens is 242 g/mol. The predicted octanol–water partition coefficient (Wildman–Crippen LogP) is 2.76. The van der Waals surface area contributed by atoms with Crippen molar-refractivity contribution in [3.8, 4) is 0 Å². The molecule has 0 spiro atoms. The highest BCUT2D eigenvalue weighted by Crippen LogP contribution is 2.11. The Morgan fingerprint density at radius 1 is 1.39 bits per heavy atom. The van der Waals surface area contributed by atoms with Crippen LogP contribution >= 0.6 is 11.3 Å². The van der Waals surface area contributed by atoms with Crippen LogP contribution in [0, 0.1) is 6.92 Å². The molecule has 2 aromatic rings. The maximum absolute atomic E-state index is 5.74. The van der Waals surface area contributed by atoms with E-state index in [-0.39, 0.29) is 0 Å². The van der Waals surface area contributed by atoms with Crippen LogP contribution in [-0.4, -0.2) is 11.5 Å². The van der Waals surface area contributed by atoms with Crippen LogP contribution in [0.4, 0.5) is 5.69 Å². The minimum atomic E-state index is 0.846. The number of aromatic nitrogens is 1. The Morgan fingerprint density at radius 3 is 3.00 bits per heavy atom. The summed E-state index contributed by atoms with van der Waals surface area (Å²) in [6.07, 6.45) is 4.11. The second kappa shape index (κ2) is 6.52. The summed E-state index contributed by atoms with van der Waals surface area (Å²) in [6.45, 7) is 3.96. The summed E-state index contributed by atoms with van der Waals surface area (Å²) in [5.41, 5.74) is 7.90. The summed E-state index contributed by atoms with van der Waals surface area (Å²) >= 11 is 1.75. The Hall–Kier alpha value is -1.39. The van der Waals surface area contributed by atoms with Crippen molar-refractivity contribution in [2.75, 3.05) is 12.3 Å². The summed E-state index contributed by atoms with van der Waals surface area (Å²) in [4.78, 5) is 5.59. The molecule has 4 heteroatoms. The lowest BCUT2D eigenvalue weighted by Gasteiger charge is -2.04. The maximum atomic E-state index is 5.74. The first-order valence-corrected chi connectivity index (χ1v) is 7.02. The van der Waals surface area contributed by atoms with Gasteiger partial charge >= 0.3 is 0 Å². The third-order valence-corrected chi connectivity index (χ3v) is 3.63. The zero-order valence-electron chi connectivity index (χ0n) is 10.6. The Labute approximate surface area is 112 Å². The topological polar surface area (TPSA) is 50.9 Å². The quantitative estimate of drug-likeness (QED) is 0.621. The minimum absolute atomic E-state index is 0.846. The predicted molar refractivity (Wildman–Crippen MR) is 77.7 cm³/mol. The zero-order chi connectivity index (χ0) is 12.8. The first kappa shape index (κ1) is 13.1. The number of aryl methyl sites for hydroxylation is 2. The second-order valence-electron chi connectivity index (χ2n) is 4.39. The highest BCUT2D eigenvalue weighted by molar-refractivity contribution is 7.11. The van der Waals surface area contributed by atoms with E-state index in [0.29, 0.717) is 0 Å². The molecule has 0 aliphatic heterocycles. The van der Waals surface area contributed by atoms with E-state index in [1.54, 1.807) is 11.3 Å². The van der Waals surface area contributed by atoms with Gasteiger partial charge in [0.15, 0.2) is 0 Å². The van der Waals surface area contributed by atoms with Crippen molar-refractivity contribution in [2.24, 2.45) is 0 Å². The van der Waals surface area contributed by atoms with Gasteiger partial charge in [0.2, 0.25) is 0 Å². The van der Waals surface area contributed by atoms with Crippen LogP contribution in [0.1, 0.15) is 21.9 Å². The van der Waals surface area contributed by atoms with Gasteiger partial charge in [0.05, 0.1) is 0 Å². The number of anilines is 1. The normalized spacial score (nSPS) is 10.7. The van der Waals surface area contributed by atoms with Crippen LogP contribution in [-0.2, 0) is 13.0 Å². The molecule has 0 bridgehead atoms. The van der Waals surface area contributed by atoms with E-state index in [9.17, 15) is 0 Å². The number of rotatable bonds is 6. The summed E-state index contributed by atoms with van der Waals surface area (Å²) in [5, 5.41) is 4.58. The van der Waals surface area contributed by atoms with E-state index in [0.717, 1.165) is 36.6 Å². The van der Waals surface area contributed by atoms with E-state index in [2.05, 4.69) is 23.3 Å². The smallest absolute Gasteiger partial charge is 0.107 e. The van der Waals surface area contributed by atoms with Crippen molar-refractivity contribution >= 4 is 17.0 Å². The first-order valence-electron chi connectivity index (χ1n) is 6.20. The van der Waals surface area contributed by atoms with E-state index >= 15 is 0 Å². The molecule has 0 radical (unpaired) electrons. The van der Waals surface area contributed by atoms with E-state index < -0.39 is 0 Å². The molecule has 96 valence electrons. The van der Waals surface area contributed by atoms with Crippen LogP contribution < -0.4 is 11.1 Å². The third-order valence-electron chi connectivity index (χ3n) is 2.72. The van der Waals surface area contributed by atoms with Gasteiger partial charge in [0, 0.05) is 23.3 Å². The molecule has 1 aromatic carbocycles. The fourth-order valence-corrected chi connectivity index (χ4v) is 2.60.